The molecule has 0 aromatic heterocycles. The van der Waals surface area contributed by atoms with E-state index < -0.39 is 0 Å². The van der Waals surface area contributed by atoms with Crippen molar-refractivity contribution in [2.24, 2.45) is 5.73 Å². The van der Waals surface area contributed by atoms with E-state index in [0.29, 0.717) is 19.4 Å². The van der Waals surface area contributed by atoms with Gasteiger partial charge in [-0.3, -0.25) is 4.79 Å². The van der Waals surface area contributed by atoms with Crippen LogP contribution in [-0.4, -0.2) is 25.1 Å². The fourth-order valence-electron chi connectivity index (χ4n) is 2.95. The number of hydrogen-bond acceptors (Lipinski definition) is 3. The number of amides is 1. The molecule has 3 N–H and O–H groups in total. The Morgan fingerprint density at radius 2 is 2.00 bits per heavy atom. The number of nitrogens with one attached hydrogen (secondary N) is 1. The minimum absolute atomic E-state index is 0. The highest BCUT2D eigenvalue weighted by atomic mass is 35.5. The van der Waals surface area contributed by atoms with E-state index >= 15 is 0 Å². The van der Waals surface area contributed by atoms with Gasteiger partial charge in [-0.25, -0.2) is 0 Å². The van der Waals surface area contributed by atoms with Gasteiger partial charge in [0.2, 0.25) is 5.91 Å². The lowest BCUT2D eigenvalue weighted by atomic mass is 9.97. The van der Waals surface area contributed by atoms with Gasteiger partial charge in [0.15, 0.2) is 0 Å². The summed E-state index contributed by atoms with van der Waals surface area (Å²) in [4.78, 5) is 12.1. The monoisotopic (exact) mass is 312 g/mol. The third-order valence-electron chi connectivity index (χ3n) is 4.17. The summed E-state index contributed by atoms with van der Waals surface area (Å²) in [6, 6.07) is 7.82. The van der Waals surface area contributed by atoms with Crippen molar-refractivity contribution in [1.29, 1.82) is 0 Å². The summed E-state index contributed by atoms with van der Waals surface area (Å²) >= 11 is 0. The maximum Gasteiger partial charge on any atom is 0.220 e. The molecule has 5 heteroatoms. The summed E-state index contributed by atoms with van der Waals surface area (Å²) in [5.74, 6) is 0.929. The van der Waals surface area contributed by atoms with E-state index in [1.165, 1.54) is 0 Å². The van der Waals surface area contributed by atoms with Crippen molar-refractivity contribution in [1.82, 2.24) is 5.32 Å². The van der Waals surface area contributed by atoms with E-state index in [-0.39, 0.29) is 23.9 Å². The predicted molar refractivity (Wildman–Crippen MR) is 87.0 cm³/mol. The quantitative estimate of drug-likeness (QED) is 0.848. The molecule has 0 heterocycles. The van der Waals surface area contributed by atoms with Gasteiger partial charge in [0.25, 0.3) is 0 Å². The van der Waals surface area contributed by atoms with E-state index in [4.69, 9.17) is 10.5 Å². The lowest BCUT2D eigenvalue weighted by molar-refractivity contribution is -0.122. The smallest absolute Gasteiger partial charge is 0.220 e. The molecular formula is C16H25ClN2O2. The number of hydrogen-bond donors (Lipinski definition) is 2. The van der Waals surface area contributed by atoms with Crippen LogP contribution in [0.15, 0.2) is 24.3 Å². The van der Waals surface area contributed by atoms with E-state index in [1.807, 2.05) is 24.3 Å². The predicted octanol–water partition coefficient (Wildman–Crippen LogP) is 2.44. The number of halogens is 1. The lowest BCUT2D eigenvalue weighted by Gasteiger charge is -2.28. The average molecular weight is 313 g/mol. The molecule has 1 amide bonds. The zero-order valence-electron chi connectivity index (χ0n) is 12.6. The largest absolute Gasteiger partial charge is 0.496 e. The van der Waals surface area contributed by atoms with E-state index in [2.05, 4.69) is 5.32 Å². The van der Waals surface area contributed by atoms with Crippen LogP contribution in [0.3, 0.4) is 0 Å². The van der Waals surface area contributed by atoms with Gasteiger partial charge in [-0.15, -0.1) is 12.4 Å². The highest BCUT2D eigenvalue weighted by molar-refractivity contribution is 5.85. The van der Waals surface area contributed by atoms with Crippen LogP contribution in [0.5, 0.6) is 5.75 Å². The molecule has 1 saturated carbocycles. The second-order valence-corrected chi connectivity index (χ2v) is 5.55. The van der Waals surface area contributed by atoms with Crippen LogP contribution in [-0.2, 0) is 11.2 Å². The van der Waals surface area contributed by atoms with Gasteiger partial charge < -0.3 is 15.8 Å². The maximum absolute atomic E-state index is 12.1. The lowest BCUT2D eigenvalue weighted by Crippen LogP contribution is -2.51. The number of benzene rings is 1. The number of nitrogens with two attached hydrogens (primary N) is 1. The van der Waals surface area contributed by atoms with Crippen LogP contribution in [0.1, 0.15) is 37.7 Å². The van der Waals surface area contributed by atoms with Gasteiger partial charge in [-0.2, -0.15) is 0 Å². The van der Waals surface area contributed by atoms with Crippen molar-refractivity contribution in [3.05, 3.63) is 29.8 Å². The van der Waals surface area contributed by atoms with Gasteiger partial charge in [-0.05, 0) is 30.9 Å². The molecule has 0 bridgehead atoms. The van der Waals surface area contributed by atoms with Crippen molar-refractivity contribution >= 4 is 18.3 Å². The molecule has 0 atom stereocenters. The molecule has 1 aliphatic rings. The minimum atomic E-state index is -0.155. The summed E-state index contributed by atoms with van der Waals surface area (Å²) < 4.78 is 5.30. The molecule has 1 aromatic carbocycles. The molecule has 0 aliphatic heterocycles. The second kappa shape index (κ2) is 8.25. The molecule has 0 saturated heterocycles. The molecule has 2 rings (SSSR count). The molecule has 1 aliphatic carbocycles. The summed E-state index contributed by atoms with van der Waals surface area (Å²) in [5, 5.41) is 3.15. The van der Waals surface area contributed by atoms with Crippen LogP contribution >= 0.6 is 12.4 Å². The van der Waals surface area contributed by atoms with Crippen molar-refractivity contribution in [3.63, 3.8) is 0 Å². The number of carbonyl (C=O) groups excluding carboxylic acids is 1. The third kappa shape index (κ3) is 4.61. The average Bonchev–Trinajstić information content (AvgIpc) is 2.94. The Morgan fingerprint density at radius 1 is 1.33 bits per heavy atom. The number of methoxy groups -OCH3 is 1. The van der Waals surface area contributed by atoms with Crippen molar-refractivity contribution in [2.75, 3.05) is 13.7 Å². The Balaban J connectivity index is 0.00000220. The maximum atomic E-state index is 12.1. The van der Waals surface area contributed by atoms with Gasteiger partial charge >= 0.3 is 0 Å². The van der Waals surface area contributed by atoms with Gasteiger partial charge in [-0.1, -0.05) is 31.0 Å². The first-order chi connectivity index (χ1) is 9.69. The van der Waals surface area contributed by atoms with Crippen molar-refractivity contribution in [2.45, 2.75) is 44.1 Å². The van der Waals surface area contributed by atoms with Crippen LogP contribution in [0.4, 0.5) is 0 Å². The summed E-state index contributed by atoms with van der Waals surface area (Å²) in [6.07, 6.45) is 5.49. The normalized spacial score (nSPS) is 16.1. The van der Waals surface area contributed by atoms with Crippen molar-refractivity contribution < 1.29 is 9.53 Å². The number of para-hydroxylation sites is 1. The Kier molecular flexibility index (Phi) is 6.99. The van der Waals surface area contributed by atoms with E-state index in [0.717, 1.165) is 37.0 Å². The number of rotatable bonds is 6. The molecule has 1 fully saturated rings. The molecular weight excluding hydrogens is 288 g/mol. The van der Waals surface area contributed by atoms with Crippen LogP contribution in [0.25, 0.3) is 0 Å². The molecule has 0 radical (unpaired) electrons. The first-order valence-electron chi connectivity index (χ1n) is 7.32. The fraction of sp³-hybridized carbons (Fsp3) is 0.562. The number of aryl methyl sites for hydroxylation is 1. The molecule has 118 valence electrons. The summed E-state index contributed by atoms with van der Waals surface area (Å²) in [5.41, 5.74) is 6.75. The highest BCUT2D eigenvalue weighted by Crippen LogP contribution is 2.28. The zero-order chi connectivity index (χ0) is 14.4. The van der Waals surface area contributed by atoms with Crippen LogP contribution in [0, 0.1) is 0 Å². The number of ether oxygens (including phenoxy) is 1. The SMILES string of the molecule is COc1ccccc1CCC(=O)NC1(CN)CCCC1.Cl. The van der Waals surface area contributed by atoms with Gasteiger partial charge in [0, 0.05) is 13.0 Å². The standard InChI is InChI=1S/C16H24N2O2.ClH/c1-20-14-7-3-2-6-13(14)8-9-15(19)18-16(12-17)10-4-5-11-16;/h2-3,6-7H,4-5,8-12,17H2,1H3,(H,18,19);1H. The third-order valence-corrected chi connectivity index (χ3v) is 4.17. The summed E-state index contributed by atoms with van der Waals surface area (Å²) in [6.45, 7) is 0.535. The van der Waals surface area contributed by atoms with Gasteiger partial charge in [0.1, 0.15) is 5.75 Å². The van der Waals surface area contributed by atoms with E-state index in [1.54, 1.807) is 7.11 Å². The molecule has 21 heavy (non-hydrogen) atoms. The van der Waals surface area contributed by atoms with E-state index in [9.17, 15) is 4.79 Å². The van der Waals surface area contributed by atoms with Gasteiger partial charge in [0.05, 0.1) is 12.6 Å². The molecule has 0 spiro atoms. The first-order valence-corrected chi connectivity index (χ1v) is 7.32. The Hall–Kier alpha value is -1.26. The Morgan fingerprint density at radius 3 is 2.62 bits per heavy atom. The first kappa shape index (κ1) is 17.8. The zero-order valence-corrected chi connectivity index (χ0v) is 13.4. The van der Waals surface area contributed by atoms with Crippen LogP contribution < -0.4 is 15.8 Å². The second-order valence-electron chi connectivity index (χ2n) is 5.55. The van der Waals surface area contributed by atoms with Crippen LogP contribution in [0.2, 0.25) is 0 Å². The Bertz CT molecular complexity index is 459. The topological polar surface area (TPSA) is 64.3 Å². The molecule has 0 unspecified atom stereocenters. The number of carbonyl (C=O) groups is 1. The minimum Gasteiger partial charge on any atom is -0.496 e. The molecule has 4 nitrogen and oxygen atoms in total. The fourth-order valence-corrected chi connectivity index (χ4v) is 2.95. The highest BCUT2D eigenvalue weighted by Gasteiger charge is 2.33. The molecule has 1 aromatic rings. The Labute approximate surface area is 132 Å². The summed E-state index contributed by atoms with van der Waals surface area (Å²) in [7, 11) is 1.65. The van der Waals surface area contributed by atoms with Crippen molar-refractivity contribution in [3.8, 4) is 5.75 Å².